The van der Waals surface area contributed by atoms with Gasteiger partial charge in [-0.1, -0.05) is 91.9 Å². The van der Waals surface area contributed by atoms with Crippen molar-refractivity contribution < 1.29 is 0 Å². The molecule has 23 heavy (non-hydrogen) atoms. The molecule has 2 unspecified atom stereocenters. The topological polar surface area (TPSA) is 0 Å². The monoisotopic (exact) mass is 300 g/mol. The summed E-state index contributed by atoms with van der Waals surface area (Å²) in [4.78, 5) is 0. The number of hydrogen-bond donors (Lipinski definition) is 0. The van der Waals surface area contributed by atoms with E-state index >= 15 is 0 Å². The molecule has 0 aliphatic heterocycles. The van der Waals surface area contributed by atoms with Crippen LogP contribution in [0.5, 0.6) is 0 Å². The van der Waals surface area contributed by atoms with Crippen molar-refractivity contribution >= 4 is 0 Å². The average Bonchev–Trinajstić information content (AvgIpc) is 2.59. The molecule has 0 bridgehead atoms. The Balaban J connectivity index is 1.97. The predicted octanol–water partition coefficient (Wildman–Crippen LogP) is 6.01. The molecule has 0 saturated heterocycles. The van der Waals surface area contributed by atoms with E-state index in [0.717, 1.165) is 6.42 Å². The fraction of sp³-hybridized carbons (Fsp3) is 0.217. The molecule has 3 rings (SSSR count). The summed E-state index contributed by atoms with van der Waals surface area (Å²) in [5, 5.41) is 0. The van der Waals surface area contributed by atoms with Crippen LogP contribution in [0, 0.1) is 12.8 Å². The second kappa shape index (κ2) is 7.28. The molecule has 0 N–H and O–H groups in total. The molecule has 0 saturated carbocycles. The summed E-state index contributed by atoms with van der Waals surface area (Å²) in [6.45, 7) is 4.59. The van der Waals surface area contributed by atoms with E-state index in [0.29, 0.717) is 11.8 Å². The van der Waals surface area contributed by atoms with Crippen LogP contribution in [0.15, 0.2) is 84.9 Å². The van der Waals surface area contributed by atoms with Crippen molar-refractivity contribution in [2.45, 2.75) is 26.2 Å². The van der Waals surface area contributed by atoms with Gasteiger partial charge in [0.25, 0.3) is 0 Å². The molecule has 3 aromatic carbocycles. The van der Waals surface area contributed by atoms with Crippen LogP contribution in [-0.2, 0) is 6.42 Å². The third kappa shape index (κ3) is 3.71. The maximum atomic E-state index is 2.37. The summed E-state index contributed by atoms with van der Waals surface area (Å²) in [6, 6.07) is 30.5. The summed E-state index contributed by atoms with van der Waals surface area (Å²) < 4.78 is 0. The van der Waals surface area contributed by atoms with Crippen LogP contribution in [0.1, 0.15) is 35.1 Å². The van der Waals surface area contributed by atoms with Gasteiger partial charge in [0.2, 0.25) is 0 Å². The van der Waals surface area contributed by atoms with Gasteiger partial charge in [-0.05, 0) is 41.5 Å². The van der Waals surface area contributed by atoms with E-state index in [1.807, 2.05) is 0 Å². The third-order valence-corrected chi connectivity index (χ3v) is 4.65. The maximum Gasteiger partial charge on any atom is 0.0121 e. The lowest BCUT2D eigenvalue weighted by molar-refractivity contribution is 0.508. The minimum atomic E-state index is 0.428. The van der Waals surface area contributed by atoms with Crippen molar-refractivity contribution in [2.24, 2.45) is 5.92 Å². The zero-order chi connectivity index (χ0) is 16.1. The first-order valence-corrected chi connectivity index (χ1v) is 8.40. The quantitative estimate of drug-likeness (QED) is 0.541. The Labute approximate surface area is 139 Å². The third-order valence-electron chi connectivity index (χ3n) is 4.65. The molecule has 2 atom stereocenters. The van der Waals surface area contributed by atoms with Gasteiger partial charge in [-0.15, -0.1) is 0 Å². The largest absolute Gasteiger partial charge is 0.0622 e. The molecular formula is C23H24. The van der Waals surface area contributed by atoms with Crippen molar-refractivity contribution in [3.8, 4) is 0 Å². The minimum Gasteiger partial charge on any atom is -0.0622 e. The summed E-state index contributed by atoms with van der Waals surface area (Å²) in [5.74, 6) is 0.971. The van der Waals surface area contributed by atoms with Crippen LogP contribution in [0.3, 0.4) is 0 Å². The fourth-order valence-corrected chi connectivity index (χ4v) is 3.51. The van der Waals surface area contributed by atoms with Gasteiger partial charge in [-0.3, -0.25) is 0 Å². The lowest BCUT2D eigenvalue weighted by Crippen LogP contribution is -2.15. The van der Waals surface area contributed by atoms with Gasteiger partial charge in [0.1, 0.15) is 0 Å². The van der Waals surface area contributed by atoms with E-state index in [2.05, 4.69) is 98.8 Å². The molecule has 3 aromatic rings. The van der Waals surface area contributed by atoms with Crippen LogP contribution < -0.4 is 0 Å². The molecule has 0 spiro atoms. The predicted molar refractivity (Wildman–Crippen MR) is 98.8 cm³/mol. The lowest BCUT2D eigenvalue weighted by atomic mass is 9.77. The highest BCUT2D eigenvalue weighted by atomic mass is 14.3. The second-order valence-corrected chi connectivity index (χ2v) is 6.41. The standard InChI is InChI=1S/C23H24/c1-18-11-9-10-16-22(18)23(21-14-7-4-8-15-21)19(2)17-20-12-5-3-6-13-20/h3-16,19,23H,17H2,1-2H3. The molecule has 0 nitrogen and oxygen atoms in total. The highest BCUT2D eigenvalue weighted by molar-refractivity contribution is 5.38. The van der Waals surface area contributed by atoms with Crippen molar-refractivity contribution in [3.05, 3.63) is 107 Å². The van der Waals surface area contributed by atoms with E-state index < -0.39 is 0 Å². The molecule has 0 heterocycles. The van der Waals surface area contributed by atoms with Gasteiger partial charge < -0.3 is 0 Å². The fourth-order valence-electron chi connectivity index (χ4n) is 3.51. The molecule has 0 aliphatic rings. The van der Waals surface area contributed by atoms with Crippen molar-refractivity contribution in [2.75, 3.05) is 0 Å². The van der Waals surface area contributed by atoms with Crippen LogP contribution in [0.4, 0.5) is 0 Å². The van der Waals surface area contributed by atoms with Crippen molar-refractivity contribution in [1.82, 2.24) is 0 Å². The minimum absolute atomic E-state index is 0.428. The Bertz CT molecular complexity index is 728. The van der Waals surface area contributed by atoms with Crippen LogP contribution in [-0.4, -0.2) is 0 Å². The van der Waals surface area contributed by atoms with Gasteiger partial charge in [0, 0.05) is 5.92 Å². The van der Waals surface area contributed by atoms with Gasteiger partial charge >= 0.3 is 0 Å². The molecule has 0 fully saturated rings. The number of benzene rings is 3. The summed E-state index contributed by atoms with van der Waals surface area (Å²) in [7, 11) is 0. The molecule has 0 radical (unpaired) electrons. The molecule has 0 amide bonds. The van der Waals surface area contributed by atoms with E-state index in [9.17, 15) is 0 Å². The Kier molecular flexibility index (Phi) is 4.92. The normalized spacial score (nSPS) is 13.5. The van der Waals surface area contributed by atoms with Gasteiger partial charge in [-0.2, -0.15) is 0 Å². The van der Waals surface area contributed by atoms with Crippen molar-refractivity contribution in [1.29, 1.82) is 0 Å². The first kappa shape index (κ1) is 15.6. The van der Waals surface area contributed by atoms with Gasteiger partial charge in [0.15, 0.2) is 0 Å². The molecular weight excluding hydrogens is 276 g/mol. The zero-order valence-corrected chi connectivity index (χ0v) is 13.9. The van der Waals surface area contributed by atoms with Crippen LogP contribution >= 0.6 is 0 Å². The summed E-state index contributed by atoms with van der Waals surface area (Å²) >= 11 is 0. The SMILES string of the molecule is Cc1ccccc1C(c1ccccc1)C(C)Cc1ccccc1. The number of aryl methyl sites for hydroxylation is 1. The van der Waals surface area contributed by atoms with Gasteiger partial charge in [0.05, 0.1) is 0 Å². The smallest absolute Gasteiger partial charge is 0.0121 e. The Morgan fingerprint density at radius 1 is 0.696 bits per heavy atom. The molecule has 0 aromatic heterocycles. The number of rotatable bonds is 5. The molecule has 0 heteroatoms. The highest BCUT2D eigenvalue weighted by Gasteiger charge is 2.22. The Hall–Kier alpha value is -2.34. The first-order valence-electron chi connectivity index (χ1n) is 8.40. The first-order chi connectivity index (χ1) is 11.3. The Morgan fingerprint density at radius 3 is 1.91 bits per heavy atom. The van der Waals surface area contributed by atoms with Crippen LogP contribution in [0.25, 0.3) is 0 Å². The lowest BCUT2D eigenvalue weighted by Gasteiger charge is -2.27. The van der Waals surface area contributed by atoms with Crippen molar-refractivity contribution in [3.63, 3.8) is 0 Å². The molecule has 0 aliphatic carbocycles. The maximum absolute atomic E-state index is 2.37. The number of hydrogen-bond acceptors (Lipinski definition) is 0. The highest BCUT2D eigenvalue weighted by Crippen LogP contribution is 2.35. The van der Waals surface area contributed by atoms with E-state index in [1.54, 1.807) is 0 Å². The van der Waals surface area contributed by atoms with Crippen LogP contribution in [0.2, 0.25) is 0 Å². The molecule has 116 valence electrons. The second-order valence-electron chi connectivity index (χ2n) is 6.41. The zero-order valence-electron chi connectivity index (χ0n) is 13.9. The average molecular weight is 300 g/mol. The van der Waals surface area contributed by atoms with Gasteiger partial charge in [-0.25, -0.2) is 0 Å². The van der Waals surface area contributed by atoms with E-state index in [-0.39, 0.29) is 0 Å². The summed E-state index contributed by atoms with van der Waals surface area (Å²) in [5.41, 5.74) is 5.64. The van der Waals surface area contributed by atoms with E-state index in [4.69, 9.17) is 0 Å². The van der Waals surface area contributed by atoms with E-state index in [1.165, 1.54) is 22.3 Å². The summed E-state index contributed by atoms with van der Waals surface area (Å²) in [6.07, 6.45) is 1.09. The Morgan fingerprint density at radius 2 is 1.26 bits per heavy atom.